The molecular weight excluding hydrogens is 124 g/mol. The Balaban J connectivity index is 3.45. The van der Waals surface area contributed by atoms with Gasteiger partial charge in [0, 0.05) is 5.92 Å². The van der Waals surface area contributed by atoms with Crippen molar-refractivity contribution in [3.05, 3.63) is 12.2 Å². The van der Waals surface area contributed by atoms with Crippen molar-refractivity contribution < 1.29 is 4.79 Å². The number of carbonyl (C=O) groups excluding carboxylic acids is 1. The van der Waals surface area contributed by atoms with Crippen molar-refractivity contribution >= 4 is 6.29 Å². The fourth-order valence-electron chi connectivity index (χ4n) is 0.611. The molecule has 0 bridgehead atoms. The fourth-order valence-corrected chi connectivity index (χ4v) is 0.611. The summed E-state index contributed by atoms with van der Waals surface area (Å²) in [6.45, 7) is 6.22. The average Bonchev–Trinajstić information content (AvgIpc) is 1.87. The molecule has 0 fully saturated rings. The van der Waals surface area contributed by atoms with Gasteiger partial charge in [0.1, 0.15) is 6.29 Å². The van der Waals surface area contributed by atoms with Crippen molar-refractivity contribution in [1.29, 1.82) is 0 Å². The molecule has 0 amide bonds. The number of aldehydes is 1. The topological polar surface area (TPSA) is 17.1 Å². The molecule has 10 heavy (non-hydrogen) atoms. The molecule has 1 atom stereocenters. The Labute approximate surface area is 63.1 Å². The van der Waals surface area contributed by atoms with Gasteiger partial charge in [0.2, 0.25) is 0 Å². The molecule has 0 spiro atoms. The Hall–Kier alpha value is -0.590. The fraction of sp³-hybridized carbons (Fsp3) is 0.667. The molecule has 0 N–H and O–H groups in total. The van der Waals surface area contributed by atoms with E-state index in [-0.39, 0.29) is 5.92 Å². The van der Waals surface area contributed by atoms with Gasteiger partial charge in [-0.1, -0.05) is 32.9 Å². The quantitative estimate of drug-likeness (QED) is 0.433. The van der Waals surface area contributed by atoms with Gasteiger partial charge >= 0.3 is 0 Å². The van der Waals surface area contributed by atoms with E-state index in [2.05, 4.69) is 19.9 Å². The molecule has 0 heterocycles. The van der Waals surface area contributed by atoms with Crippen molar-refractivity contribution in [2.75, 3.05) is 0 Å². The molecular formula is C9H16O. The second kappa shape index (κ2) is 5.21. The van der Waals surface area contributed by atoms with E-state index in [4.69, 9.17) is 0 Å². The zero-order valence-electron chi connectivity index (χ0n) is 7.00. The summed E-state index contributed by atoms with van der Waals surface area (Å²) in [5.74, 6) is 0.772. The molecule has 1 nitrogen and oxygen atoms in total. The Morgan fingerprint density at radius 1 is 1.30 bits per heavy atom. The predicted molar refractivity (Wildman–Crippen MR) is 43.8 cm³/mol. The average molecular weight is 140 g/mol. The number of allylic oxidation sites excluding steroid dienone is 2. The summed E-state index contributed by atoms with van der Waals surface area (Å²) in [6, 6.07) is 0. The summed E-state index contributed by atoms with van der Waals surface area (Å²) in [5.41, 5.74) is 0. The highest BCUT2D eigenvalue weighted by atomic mass is 16.1. The smallest absolute Gasteiger partial charge is 0.126 e. The molecule has 0 aromatic heterocycles. The first-order valence-electron chi connectivity index (χ1n) is 3.78. The van der Waals surface area contributed by atoms with Crippen LogP contribution in [0.15, 0.2) is 12.2 Å². The van der Waals surface area contributed by atoms with E-state index in [1.54, 1.807) is 0 Å². The van der Waals surface area contributed by atoms with Crippen LogP contribution in [0.3, 0.4) is 0 Å². The summed E-state index contributed by atoms with van der Waals surface area (Å²) in [6.07, 6.45) is 6.05. The number of hydrogen-bond donors (Lipinski definition) is 0. The molecule has 0 aromatic carbocycles. The van der Waals surface area contributed by atoms with Gasteiger partial charge in [0.15, 0.2) is 0 Å². The summed E-state index contributed by atoms with van der Waals surface area (Å²) < 4.78 is 0. The van der Waals surface area contributed by atoms with Crippen LogP contribution in [0.5, 0.6) is 0 Å². The van der Waals surface area contributed by atoms with E-state index >= 15 is 0 Å². The monoisotopic (exact) mass is 140 g/mol. The third kappa shape index (κ3) is 5.54. The second-order valence-electron chi connectivity index (χ2n) is 3.05. The minimum absolute atomic E-state index is 0.0822. The van der Waals surface area contributed by atoms with Gasteiger partial charge in [-0.05, 0) is 12.3 Å². The molecule has 58 valence electrons. The van der Waals surface area contributed by atoms with Crippen molar-refractivity contribution in [1.82, 2.24) is 0 Å². The lowest BCUT2D eigenvalue weighted by atomic mass is 10.1. The van der Waals surface area contributed by atoms with Crippen molar-refractivity contribution in [3.63, 3.8) is 0 Å². The van der Waals surface area contributed by atoms with E-state index in [0.29, 0.717) is 5.92 Å². The summed E-state index contributed by atoms with van der Waals surface area (Å²) in [7, 11) is 0. The highest BCUT2D eigenvalue weighted by Gasteiger charge is 1.91. The molecule has 0 radical (unpaired) electrons. The standard InChI is InChI=1S/C9H16O/c1-8(2)5-4-6-9(3)7-10/h4,6-9H,5H2,1-3H3/b6-4+/t9-/m0/s1. The molecule has 0 saturated heterocycles. The normalized spacial score (nSPS) is 14.4. The van der Waals surface area contributed by atoms with Crippen LogP contribution in [-0.4, -0.2) is 6.29 Å². The lowest BCUT2D eigenvalue weighted by Crippen LogP contribution is -1.89. The first kappa shape index (κ1) is 9.41. The first-order chi connectivity index (χ1) is 4.66. The maximum absolute atomic E-state index is 10.1. The first-order valence-corrected chi connectivity index (χ1v) is 3.78. The van der Waals surface area contributed by atoms with Crippen LogP contribution in [-0.2, 0) is 4.79 Å². The minimum Gasteiger partial charge on any atom is -0.303 e. The van der Waals surface area contributed by atoms with Crippen LogP contribution < -0.4 is 0 Å². The Morgan fingerprint density at radius 3 is 2.30 bits per heavy atom. The van der Waals surface area contributed by atoms with Gasteiger partial charge in [-0.15, -0.1) is 0 Å². The number of carbonyl (C=O) groups is 1. The summed E-state index contributed by atoms with van der Waals surface area (Å²) in [4.78, 5) is 10.1. The van der Waals surface area contributed by atoms with Gasteiger partial charge in [-0.3, -0.25) is 0 Å². The summed E-state index contributed by atoms with van der Waals surface area (Å²) >= 11 is 0. The van der Waals surface area contributed by atoms with Crippen molar-refractivity contribution in [2.45, 2.75) is 27.2 Å². The summed E-state index contributed by atoms with van der Waals surface area (Å²) in [5, 5.41) is 0. The molecule has 0 saturated carbocycles. The maximum atomic E-state index is 10.1. The lowest BCUT2D eigenvalue weighted by molar-refractivity contribution is -0.109. The third-order valence-electron chi connectivity index (χ3n) is 1.26. The van der Waals surface area contributed by atoms with E-state index in [9.17, 15) is 4.79 Å². The molecule has 0 rings (SSSR count). The van der Waals surface area contributed by atoms with Crippen LogP contribution in [0, 0.1) is 11.8 Å². The number of rotatable bonds is 4. The second-order valence-corrected chi connectivity index (χ2v) is 3.05. The van der Waals surface area contributed by atoms with Crippen LogP contribution in [0.25, 0.3) is 0 Å². The zero-order valence-corrected chi connectivity index (χ0v) is 7.00. The van der Waals surface area contributed by atoms with Gasteiger partial charge in [-0.25, -0.2) is 0 Å². The highest BCUT2D eigenvalue weighted by Crippen LogP contribution is 2.01. The molecule has 0 unspecified atom stereocenters. The SMILES string of the molecule is CC(C)C/C=C/[C@H](C)C=O. The molecule has 0 aliphatic rings. The minimum atomic E-state index is 0.0822. The van der Waals surface area contributed by atoms with Gasteiger partial charge < -0.3 is 4.79 Å². The largest absolute Gasteiger partial charge is 0.303 e. The van der Waals surface area contributed by atoms with Crippen molar-refractivity contribution in [2.24, 2.45) is 11.8 Å². The van der Waals surface area contributed by atoms with Gasteiger partial charge in [0.25, 0.3) is 0 Å². The van der Waals surface area contributed by atoms with Crippen LogP contribution in [0.2, 0.25) is 0 Å². The van der Waals surface area contributed by atoms with E-state index in [0.717, 1.165) is 12.7 Å². The zero-order chi connectivity index (χ0) is 7.98. The van der Waals surface area contributed by atoms with Gasteiger partial charge in [0.05, 0.1) is 0 Å². The highest BCUT2D eigenvalue weighted by molar-refractivity contribution is 5.55. The van der Waals surface area contributed by atoms with E-state index < -0.39 is 0 Å². The molecule has 0 aliphatic heterocycles. The lowest BCUT2D eigenvalue weighted by Gasteiger charge is -1.97. The van der Waals surface area contributed by atoms with Crippen LogP contribution in [0.4, 0.5) is 0 Å². The molecule has 1 heteroatoms. The molecule has 0 aliphatic carbocycles. The predicted octanol–water partition coefficient (Wildman–Crippen LogP) is 2.42. The Kier molecular flexibility index (Phi) is 4.91. The van der Waals surface area contributed by atoms with Crippen LogP contribution >= 0.6 is 0 Å². The Bertz CT molecular complexity index is 114. The van der Waals surface area contributed by atoms with Crippen molar-refractivity contribution in [3.8, 4) is 0 Å². The van der Waals surface area contributed by atoms with Gasteiger partial charge in [-0.2, -0.15) is 0 Å². The van der Waals surface area contributed by atoms with Crippen LogP contribution in [0.1, 0.15) is 27.2 Å². The van der Waals surface area contributed by atoms with E-state index in [1.165, 1.54) is 0 Å². The van der Waals surface area contributed by atoms with E-state index in [1.807, 2.05) is 13.0 Å². The third-order valence-corrected chi connectivity index (χ3v) is 1.26. The maximum Gasteiger partial charge on any atom is 0.126 e. The Morgan fingerprint density at radius 2 is 1.90 bits per heavy atom. The molecule has 0 aromatic rings. The number of hydrogen-bond acceptors (Lipinski definition) is 1.